The second-order valence-corrected chi connectivity index (χ2v) is 4.68. The number of rotatable bonds is 2. The van der Waals surface area contributed by atoms with E-state index in [4.69, 9.17) is 5.73 Å². The minimum absolute atomic E-state index is 0.314. The van der Waals surface area contributed by atoms with E-state index in [1.807, 2.05) is 30.3 Å². The fourth-order valence-corrected chi connectivity index (χ4v) is 2.66. The molecule has 2 rings (SSSR count). The zero-order chi connectivity index (χ0) is 11.4. The minimum Gasteiger partial charge on any atom is -0.309 e. The van der Waals surface area contributed by atoms with Crippen LogP contribution in [0.1, 0.15) is 37.7 Å². The van der Waals surface area contributed by atoms with Crippen molar-refractivity contribution in [2.75, 3.05) is 0 Å². The first-order chi connectivity index (χ1) is 7.77. The summed E-state index contributed by atoms with van der Waals surface area (Å²) in [5.41, 5.74) is 6.50. The van der Waals surface area contributed by atoms with E-state index in [-0.39, 0.29) is 0 Å². The Bertz CT molecular complexity index is 373. The van der Waals surface area contributed by atoms with E-state index in [0.29, 0.717) is 5.92 Å². The fourth-order valence-electron chi connectivity index (χ4n) is 2.66. The largest absolute Gasteiger partial charge is 0.309 e. The van der Waals surface area contributed by atoms with Gasteiger partial charge in [-0.2, -0.15) is 5.26 Å². The molecule has 0 aliphatic heterocycles. The van der Waals surface area contributed by atoms with Gasteiger partial charge in [-0.15, -0.1) is 0 Å². The van der Waals surface area contributed by atoms with Crippen LogP contribution in [-0.2, 0) is 5.54 Å². The highest BCUT2D eigenvalue weighted by atomic mass is 14.8. The lowest BCUT2D eigenvalue weighted by molar-refractivity contribution is 0.256. The summed E-state index contributed by atoms with van der Waals surface area (Å²) in [5.74, 6) is 0.314. The van der Waals surface area contributed by atoms with Gasteiger partial charge in [-0.05, 0) is 24.3 Å². The molecule has 1 atom stereocenters. The molecule has 1 aliphatic carbocycles. The van der Waals surface area contributed by atoms with Crippen molar-refractivity contribution in [3.05, 3.63) is 35.9 Å². The maximum absolute atomic E-state index is 9.42. The SMILES string of the molecule is N#C[C@@](N)(c1ccccc1)C1CCCCC1. The Morgan fingerprint density at radius 3 is 2.31 bits per heavy atom. The summed E-state index contributed by atoms with van der Waals surface area (Å²) in [6.07, 6.45) is 5.86. The normalized spacial score (nSPS) is 21.0. The van der Waals surface area contributed by atoms with E-state index in [9.17, 15) is 5.26 Å². The van der Waals surface area contributed by atoms with Crippen LogP contribution in [0.2, 0.25) is 0 Å². The lowest BCUT2D eigenvalue weighted by Crippen LogP contribution is -2.43. The molecule has 0 saturated heterocycles. The molecule has 0 radical (unpaired) electrons. The minimum atomic E-state index is -0.790. The van der Waals surface area contributed by atoms with Crippen LogP contribution >= 0.6 is 0 Å². The van der Waals surface area contributed by atoms with Crippen LogP contribution in [0.4, 0.5) is 0 Å². The van der Waals surface area contributed by atoms with Crippen LogP contribution in [0, 0.1) is 17.2 Å². The van der Waals surface area contributed by atoms with Gasteiger partial charge < -0.3 is 5.73 Å². The third-order valence-electron chi connectivity index (χ3n) is 3.69. The molecule has 1 saturated carbocycles. The number of nitriles is 1. The lowest BCUT2D eigenvalue weighted by Gasteiger charge is -2.34. The quantitative estimate of drug-likeness (QED) is 0.822. The molecular formula is C14H18N2. The summed E-state index contributed by atoms with van der Waals surface area (Å²) in [6, 6.07) is 12.2. The highest BCUT2D eigenvalue weighted by Gasteiger charge is 2.37. The number of nitrogens with two attached hydrogens (primary N) is 1. The van der Waals surface area contributed by atoms with Gasteiger partial charge >= 0.3 is 0 Å². The van der Waals surface area contributed by atoms with Crippen molar-refractivity contribution in [2.45, 2.75) is 37.6 Å². The Hall–Kier alpha value is -1.33. The molecule has 1 aromatic carbocycles. The predicted octanol–water partition coefficient (Wildman–Crippen LogP) is 2.94. The van der Waals surface area contributed by atoms with Crippen molar-refractivity contribution in [1.82, 2.24) is 0 Å². The summed E-state index contributed by atoms with van der Waals surface area (Å²) < 4.78 is 0. The molecule has 0 heterocycles. The molecule has 16 heavy (non-hydrogen) atoms. The molecule has 0 aromatic heterocycles. The predicted molar refractivity (Wildman–Crippen MR) is 64.5 cm³/mol. The van der Waals surface area contributed by atoms with Gasteiger partial charge in [0.1, 0.15) is 5.54 Å². The molecular weight excluding hydrogens is 196 g/mol. The molecule has 2 N–H and O–H groups in total. The van der Waals surface area contributed by atoms with Crippen molar-refractivity contribution in [1.29, 1.82) is 5.26 Å². The highest BCUT2D eigenvalue weighted by molar-refractivity contribution is 5.31. The molecule has 1 aromatic rings. The molecule has 84 valence electrons. The average molecular weight is 214 g/mol. The van der Waals surface area contributed by atoms with Gasteiger partial charge in [-0.3, -0.25) is 0 Å². The molecule has 0 amide bonds. The third-order valence-corrected chi connectivity index (χ3v) is 3.69. The lowest BCUT2D eigenvalue weighted by atomic mass is 9.72. The number of nitrogens with zero attached hydrogens (tertiary/aromatic N) is 1. The third kappa shape index (κ3) is 1.96. The Morgan fingerprint density at radius 2 is 1.75 bits per heavy atom. The Kier molecular flexibility index (Phi) is 3.26. The van der Waals surface area contributed by atoms with E-state index in [0.717, 1.165) is 18.4 Å². The topological polar surface area (TPSA) is 49.8 Å². The first kappa shape index (κ1) is 11.2. The molecule has 1 aliphatic rings. The van der Waals surface area contributed by atoms with Crippen LogP contribution in [-0.4, -0.2) is 0 Å². The van der Waals surface area contributed by atoms with E-state index in [1.165, 1.54) is 19.3 Å². The Balaban J connectivity index is 2.29. The summed E-state index contributed by atoms with van der Waals surface area (Å²) in [5, 5.41) is 9.42. The molecule has 0 bridgehead atoms. The number of hydrogen-bond acceptors (Lipinski definition) is 2. The standard InChI is InChI=1S/C14H18N2/c15-11-14(16,12-7-3-1-4-8-12)13-9-5-2-6-10-13/h1,3-4,7-8,13H,2,5-6,9-10,16H2/t14-/m1/s1. The van der Waals surface area contributed by atoms with Gasteiger partial charge in [0.05, 0.1) is 6.07 Å². The maximum Gasteiger partial charge on any atom is 0.132 e. The summed E-state index contributed by atoms with van der Waals surface area (Å²) in [4.78, 5) is 0. The average Bonchev–Trinajstić information content (AvgIpc) is 2.40. The van der Waals surface area contributed by atoms with Gasteiger partial charge in [0.15, 0.2) is 0 Å². The zero-order valence-electron chi connectivity index (χ0n) is 9.52. The summed E-state index contributed by atoms with van der Waals surface area (Å²) >= 11 is 0. The zero-order valence-corrected chi connectivity index (χ0v) is 9.52. The first-order valence-electron chi connectivity index (χ1n) is 6.03. The van der Waals surface area contributed by atoms with Gasteiger partial charge in [-0.25, -0.2) is 0 Å². The highest BCUT2D eigenvalue weighted by Crippen LogP contribution is 2.36. The number of benzene rings is 1. The maximum atomic E-state index is 9.42. The monoisotopic (exact) mass is 214 g/mol. The van der Waals surface area contributed by atoms with Crippen molar-refractivity contribution in [3.63, 3.8) is 0 Å². The smallest absolute Gasteiger partial charge is 0.132 e. The molecule has 2 heteroatoms. The summed E-state index contributed by atoms with van der Waals surface area (Å²) in [6.45, 7) is 0. The van der Waals surface area contributed by atoms with Gasteiger partial charge in [0.25, 0.3) is 0 Å². The van der Waals surface area contributed by atoms with Gasteiger partial charge in [0, 0.05) is 0 Å². The van der Waals surface area contributed by atoms with E-state index in [1.54, 1.807) is 0 Å². The Labute approximate surface area is 97.1 Å². The first-order valence-corrected chi connectivity index (χ1v) is 6.03. The van der Waals surface area contributed by atoms with E-state index in [2.05, 4.69) is 6.07 Å². The Morgan fingerprint density at radius 1 is 1.12 bits per heavy atom. The second-order valence-electron chi connectivity index (χ2n) is 4.68. The number of hydrogen-bond donors (Lipinski definition) is 1. The van der Waals surface area contributed by atoms with Gasteiger partial charge in [-0.1, -0.05) is 49.6 Å². The van der Waals surface area contributed by atoms with Crippen molar-refractivity contribution >= 4 is 0 Å². The molecule has 2 nitrogen and oxygen atoms in total. The van der Waals surface area contributed by atoms with E-state index >= 15 is 0 Å². The van der Waals surface area contributed by atoms with Gasteiger partial charge in [0.2, 0.25) is 0 Å². The van der Waals surface area contributed by atoms with E-state index < -0.39 is 5.54 Å². The van der Waals surface area contributed by atoms with Crippen LogP contribution in [0.25, 0.3) is 0 Å². The van der Waals surface area contributed by atoms with Crippen molar-refractivity contribution in [3.8, 4) is 6.07 Å². The second kappa shape index (κ2) is 4.67. The van der Waals surface area contributed by atoms with Crippen molar-refractivity contribution < 1.29 is 0 Å². The molecule has 0 spiro atoms. The van der Waals surface area contributed by atoms with Crippen LogP contribution in [0.3, 0.4) is 0 Å². The van der Waals surface area contributed by atoms with Crippen LogP contribution in [0.5, 0.6) is 0 Å². The van der Waals surface area contributed by atoms with Crippen LogP contribution < -0.4 is 5.73 Å². The molecule has 0 unspecified atom stereocenters. The van der Waals surface area contributed by atoms with Crippen LogP contribution in [0.15, 0.2) is 30.3 Å². The molecule has 1 fully saturated rings. The van der Waals surface area contributed by atoms with Crippen molar-refractivity contribution in [2.24, 2.45) is 11.7 Å². The summed E-state index contributed by atoms with van der Waals surface area (Å²) in [7, 11) is 0. The fraction of sp³-hybridized carbons (Fsp3) is 0.500.